The lowest BCUT2D eigenvalue weighted by atomic mass is 10.2. The summed E-state index contributed by atoms with van der Waals surface area (Å²) in [6.07, 6.45) is 9.91. The van der Waals surface area contributed by atoms with Crippen LogP contribution in [0.1, 0.15) is 5.82 Å². The number of hydrogen-bond donors (Lipinski definition) is 0. The second-order valence-corrected chi connectivity index (χ2v) is 8.27. The van der Waals surface area contributed by atoms with Gasteiger partial charge in [0.1, 0.15) is 28.8 Å². The zero-order chi connectivity index (χ0) is 21.5. The summed E-state index contributed by atoms with van der Waals surface area (Å²) in [5, 5.41) is 1.18. The number of hydrogen-bond acceptors (Lipinski definition) is 5. The Morgan fingerprint density at radius 1 is 0.781 bits per heavy atom. The number of aromatic nitrogens is 6. The number of fused-ring (bicyclic) bond motifs is 2. The van der Waals surface area contributed by atoms with Crippen LogP contribution in [0.5, 0.6) is 0 Å². The summed E-state index contributed by atoms with van der Waals surface area (Å²) in [6, 6.07) is 12.8. The minimum Gasteiger partial charge on any atom is -0.354 e. The van der Waals surface area contributed by atoms with E-state index in [1.54, 1.807) is 0 Å². The van der Waals surface area contributed by atoms with Crippen LogP contribution < -0.4 is 9.80 Å². The average molecular weight is 427 g/mol. The van der Waals surface area contributed by atoms with Crippen LogP contribution in [0.3, 0.4) is 0 Å². The first-order valence-corrected chi connectivity index (χ1v) is 11.1. The van der Waals surface area contributed by atoms with Gasteiger partial charge in [0.05, 0.1) is 0 Å². The zero-order valence-electron chi connectivity index (χ0n) is 18.2. The smallest absolute Gasteiger partial charge is 0.142 e. The Morgan fingerprint density at radius 3 is 2.44 bits per heavy atom. The van der Waals surface area contributed by atoms with E-state index in [4.69, 9.17) is 4.98 Å². The van der Waals surface area contributed by atoms with Gasteiger partial charge in [-0.05, 0) is 37.3 Å². The molecule has 6 rings (SSSR count). The Bertz CT molecular complexity index is 1370. The Balaban J connectivity index is 1.19. The van der Waals surface area contributed by atoms with Crippen molar-refractivity contribution in [2.75, 3.05) is 36.0 Å². The normalized spacial score (nSPS) is 14.7. The van der Waals surface area contributed by atoms with Crippen LogP contribution in [-0.2, 0) is 13.1 Å². The van der Waals surface area contributed by atoms with E-state index >= 15 is 0 Å². The molecule has 1 aliphatic heterocycles. The lowest BCUT2D eigenvalue weighted by Crippen LogP contribution is -2.47. The molecule has 162 valence electrons. The number of piperazine rings is 1. The molecule has 0 aliphatic carbocycles. The van der Waals surface area contributed by atoms with Crippen molar-refractivity contribution < 1.29 is 0 Å². The molecule has 0 unspecified atom stereocenters. The largest absolute Gasteiger partial charge is 0.354 e. The molecule has 1 saturated heterocycles. The molecule has 0 spiro atoms. The molecule has 1 aliphatic rings. The number of nitrogens with zero attached hydrogens (tertiary/aromatic N) is 8. The molecule has 1 fully saturated rings. The molecule has 0 bridgehead atoms. The fourth-order valence-electron chi connectivity index (χ4n) is 4.62. The molecular formula is C24H26N8. The molecule has 0 amide bonds. The highest BCUT2D eigenvalue weighted by Gasteiger charge is 2.20. The number of anilines is 2. The van der Waals surface area contributed by atoms with Crippen molar-refractivity contribution in [2.24, 2.45) is 0 Å². The summed E-state index contributed by atoms with van der Waals surface area (Å²) in [7, 11) is 0. The monoisotopic (exact) mass is 426 g/mol. The van der Waals surface area contributed by atoms with E-state index in [1.165, 1.54) is 11.2 Å². The second kappa shape index (κ2) is 7.71. The van der Waals surface area contributed by atoms with Crippen LogP contribution in [0.4, 0.5) is 11.6 Å². The van der Waals surface area contributed by atoms with Crippen molar-refractivity contribution >= 4 is 28.3 Å². The molecule has 5 aromatic rings. The molecule has 8 heteroatoms. The van der Waals surface area contributed by atoms with Gasteiger partial charge in [0, 0.05) is 75.6 Å². The lowest BCUT2D eigenvalue weighted by molar-refractivity contribution is 0.577. The number of imidazole rings is 2. The van der Waals surface area contributed by atoms with Gasteiger partial charge in [-0.3, -0.25) is 4.40 Å². The first kappa shape index (κ1) is 18.9. The lowest BCUT2D eigenvalue weighted by Gasteiger charge is -2.36. The van der Waals surface area contributed by atoms with Crippen LogP contribution in [0.2, 0.25) is 0 Å². The summed E-state index contributed by atoms with van der Waals surface area (Å²) in [6.45, 7) is 7.60. The molecular weight excluding hydrogens is 400 g/mol. The predicted octanol–water partition coefficient (Wildman–Crippen LogP) is 3.22. The molecule has 0 N–H and O–H groups in total. The van der Waals surface area contributed by atoms with Crippen LogP contribution in [0.25, 0.3) is 16.7 Å². The topological polar surface area (TPSA) is 59.4 Å². The van der Waals surface area contributed by atoms with Crippen molar-refractivity contribution in [3.8, 4) is 0 Å². The molecule has 0 saturated carbocycles. The third-order valence-electron chi connectivity index (χ3n) is 6.44. The number of pyridine rings is 2. The highest BCUT2D eigenvalue weighted by Crippen LogP contribution is 2.23. The van der Waals surface area contributed by atoms with E-state index in [9.17, 15) is 0 Å². The van der Waals surface area contributed by atoms with Crippen LogP contribution in [0.15, 0.2) is 67.4 Å². The van der Waals surface area contributed by atoms with E-state index in [0.29, 0.717) is 0 Å². The van der Waals surface area contributed by atoms with Gasteiger partial charge in [0.15, 0.2) is 0 Å². The van der Waals surface area contributed by atoms with Gasteiger partial charge in [-0.15, -0.1) is 0 Å². The van der Waals surface area contributed by atoms with Crippen molar-refractivity contribution in [2.45, 2.75) is 20.0 Å². The third-order valence-corrected chi connectivity index (χ3v) is 6.44. The third kappa shape index (κ3) is 3.28. The molecule has 0 aromatic carbocycles. The van der Waals surface area contributed by atoms with Crippen molar-refractivity contribution in [3.63, 3.8) is 0 Å². The van der Waals surface area contributed by atoms with Crippen LogP contribution in [-0.4, -0.2) is 54.7 Å². The first-order chi connectivity index (χ1) is 15.8. The Labute approximate surface area is 186 Å². The van der Waals surface area contributed by atoms with Crippen molar-refractivity contribution in [3.05, 3.63) is 73.2 Å². The fourth-order valence-corrected chi connectivity index (χ4v) is 4.62. The van der Waals surface area contributed by atoms with Gasteiger partial charge < -0.3 is 18.9 Å². The maximum atomic E-state index is 5.05. The first-order valence-electron chi connectivity index (χ1n) is 11.1. The average Bonchev–Trinajstić information content (AvgIpc) is 3.57. The van der Waals surface area contributed by atoms with Gasteiger partial charge in [-0.25, -0.2) is 15.0 Å². The van der Waals surface area contributed by atoms with Gasteiger partial charge in [-0.2, -0.15) is 0 Å². The van der Waals surface area contributed by atoms with E-state index in [0.717, 1.165) is 62.2 Å². The molecule has 32 heavy (non-hydrogen) atoms. The minimum absolute atomic E-state index is 0.875. The van der Waals surface area contributed by atoms with Gasteiger partial charge in [-0.1, -0.05) is 6.07 Å². The molecule has 5 aromatic heterocycles. The zero-order valence-corrected chi connectivity index (χ0v) is 18.2. The summed E-state index contributed by atoms with van der Waals surface area (Å²) < 4.78 is 6.58. The highest BCUT2D eigenvalue weighted by atomic mass is 15.3. The standard InChI is InChI=1S/C24H26N8/c1-19-25-8-11-28(19)13-18-31-10-7-20-5-6-22(27-24(20)31)29-14-16-30(17-15-29)23-4-2-3-21-26-9-12-32(21)23/h2-12H,13-18H2,1H3. The Kier molecular flexibility index (Phi) is 4.56. The molecule has 0 atom stereocenters. The molecule has 8 nitrogen and oxygen atoms in total. The molecule has 6 heterocycles. The fraction of sp³-hybridized carbons (Fsp3) is 0.292. The van der Waals surface area contributed by atoms with Crippen molar-refractivity contribution in [1.29, 1.82) is 0 Å². The Morgan fingerprint density at radius 2 is 1.59 bits per heavy atom. The number of rotatable bonds is 5. The van der Waals surface area contributed by atoms with E-state index in [1.807, 2.05) is 37.8 Å². The van der Waals surface area contributed by atoms with E-state index in [-0.39, 0.29) is 0 Å². The van der Waals surface area contributed by atoms with E-state index < -0.39 is 0 Å². The summed E-state index contributed by atoms with van der Waals surface area (Å²) in [5.74, 6) is 3.29. The van der Waals surface area contributed by atoms with E-state index in [2.05, 4.69) is 69.8 Å². The summed E-state index contributed by atoms with van der Waals surface area (Å²) in [4.78, 5) is 18.6. The highest BCUT2D eigenvalue weighted by molar-refractivity contribution is 5.78. The molecule has 0 radical (unpaired) electrons. The van der Waals surface area contributed by atoms with Crippen LogP contribution in [0, 0.1) is 6.92 Å². The van der Waals surface area contributed by atoms with Gasteiger partial charge >= 0.3 is 0 Å². The Hall–Kier alpha value is -3.81. The predicted molar refractivity (Wildman–Crippen MR) is 126 cm³/mol. The van der Waals surface area contributed by atoms with Crippen molar-refractivity contribution in [1.82, 2.24) is 28.5 Å². The summed E-state index contributed by atoms with van der Waals surface area (Å²) >= 11 is 0. The maximum absolute atomic E-state index is 5.05. The maximum Gasteiger partial charge on any atom is 0.142 e. The summed E-state index contributed by atoms with van der Waals surface area (Å²) in [5.41, 5.74) is 2.04. The van der Waals surface area contributed by atoms with Crippen LogP contribution >= 0.6 is 0 Å². The quantitative estimate of drug-likeness (QED) is 0.432. The number of aryl methyl sites for hydroxylation is 3. The van der Waals surface area contributed by atoms with Gasteiger partial charge in [0.2, 0.25) is 0 Å². The second-order valence-electron chi connectivity index (χ2n) is 8.27. The minimum atomic E-state index is 0.875. The SMILES string of the molecule is Cc1nccn1CCn1ccc2ccc(N3CCN(c4cccc5nccn45)CC3)nc21. The van der Waals surface area contributed by atoms with Gasteiger partial charge in [0.25, 0.3) is 0 Å².